The Morgan fingerprint density at radius 3 is 2.24 bits per heavy atom. The third-order valence-electron chi connectivity index (χ3n) is 2.33. The fraction of sp³-hybridized carbons (Fsp3) is 0. The Morgan fingerprint density at radius 1 is 1.00 bits per heavy atom. The molecule has 0 unspecified atom stereocenters. The third-order valence-corrected chi connectivity index (χ3v) is 2.33. The van der Waals surface area contributed by atoms with Gasteiger partial charge in [0, 0.05) is 6.07 Å². The molecule has 0 aliphatic heterocycles. The van der Waals surface area contributed by atoms with E-state index in [9.17, 15) is 15.3 Å². The molecule has 0 saturated carbocycles. The summed E-state index contributed by atoms with van der Waals surface area (Å²) in [7, 11) is 0. The van der Waals surface area contributed by atoms with Crippen molar-refractivity contribution in [3.05, 3.63) is 42.0 Å². The van der Waals surface area contributed by atoms with E-state index in [1.54, 1.807) is 18.2 Å². The van der Waals surface area contributed by atoms with Gasteiger partial charge in [-0.25, -0.2) is 0 Å². The lowest BCUT2D eigenvalue weighted by atomic mass is 10.0. The van der Waals surface area contributed by atoms with Gasteiger partial charge >= 0.3 is 0 Å². The van der Waals surface area contributed by atoms with E-state index in [2.05, 4.69) is 6.07 Å². The Labute approximate surface area is 97.6 Å². The predicted molar refractivity (Wildman–Crippen MR) is 60.4 cm³/mol. The summed E-state index contributed by atoms with van der Waals surface area (Å²) >= 11 is 0. The lowest BCUT2D eigenvalue weighted by Crippen LogP contribution is -1.81. The van der Waals surface area contributed by atoms with Crippen LogP contribution in [0.4, 0.5) is 0 Å². The van der Waals surface area contributed by atoms with Crippen molar-refractivity contribution in [1.29, 1.82) is 5.26 Å². The quantitative estimate of drug-likeness (QED) is 0.650. The van der Waals surface area contributed by atoms with Crippen LogP contribution in [-0.2, 0) is 0 Å². The fourth-order valence-corrected chi connectivity index (χ4v) is 1.48. The first-order valence-corrected chi connectivity index (χ1v) is 4.79. The minimum Gasteiger partial charge on any atom is -0.504 e. The zero-order chi connectivity index (χ0) is 12.4. The maximum atomic E-state index is 9.39. The predicted octanol–water partition coefficient (Wildman–Crippen LogP) is 2.14. The lowest BCUT2D eigenvalue weighted by Gasteiger charge is -2.06. The van der Waals surface area contributed by atoms with Gasteiger partial charge in [0.25, 0.3) is 0 Å². The van der Waals surface area contributed by atoms with Gasteiger partial charge in [-0.1, -0.05) is 12.1 Å². The second kappa shape index (κ2) is 4.06. The average Bonchev–Trinajstić information content (AvgIpc) is 2.35. The summed E-state index contributed by atoms with van der Waals surface area (Å²) in [5.74, 6) is -1.38. The molecule has 2 aromatic carbocycles. The lowest BCUT2D eigenvalue weighted by molar-refractivity contribution is 0.368. The molecule has 2 aromatic rings. The van der Waals surface area contributed by atoms with Gasteiger partial charge < -0.3 is 15.3 Å². The largest absolute Gasteiger partial charge is 0.504 e. The maximum Gasteiger partial charge on any atom is 0.200 e. The highest BCUT2D eigenvalue weighted by Crippen LogP contribution is 2.38. The molecule has 0 fully saturated rings. The van der Waals surface area contributed by atoms with Crippen LogP contribution in [0.25, 0.3) is 11.1 Å². The van der Waals surface area contributed by atoms with Gasteiger partial charge in [-0.3, -0.25) is 0 Å². The molecule has 17 heavy (non-hydrogen) atoms. The van der Waals surface area contributed by atoms with Crippen LogP contribution in [0.3, 0.4) is 0 Å². The van der Waals surface area contributed by atoms with Gasteiger partial charge in [0.1, 0.15) is 0 Å². The number of hydrogen-bond donors (Lipinski definition) is 3. The first-order valence-electron chi connectivity index (χ1n) is 4.79. The normalized spacial score (nSPS) is 9.82. The number of phenolic OH excluding ortho intramolecular Hbond substituents is 3. The van der Waals surface area contributed by atoms with E-state index < -0.39 is 17.2 Å². The van der Waals surface area contributed by atoms with Crippen LogP contribution in [0.2, 0.25) is 0 Å². The molecule has 2 rings (SSSR count). The van der Waals surface area contributed by atoms with Crippen molar-refractivity contribution in [3.8, 4) is 34.4 Å². The second-order valence-corrected chi connectivity index (χ2v) is 3.47. The van der Waals surface area contributed by atoms with Crippen LogP contribution in [0.15, 0.2) is 30.3 Å². The molecule has 0 aliphatic carbocycles. The number of aromatic hydroxyl groups is 3. The summed E-state index contributed by atoms with van der Waals surface area (Å²) in [6.07, 6.45) is 0. The molecule has 0 heterocycles. The second-order valence-electron chi connectivity index (χ2n) is 3.47. The number of rotatable bonds is 1. The van der Waals surface area contributed by atoms with Gasteiger partial charge in [0.05, 0.1) is 11.6 Å². The standard InChI is InChI=1S/C13H8NO3/c14-7-8-2-1-3-9(4-8)10-5-11(15)13(17)12(16)6-10/h1,3-6,15-17H. The summed E-state index contributed by atoms with van der Waals surface area (Å²) in [5.41, 5.74) is 1.50. The molecule has 3 N–H and O–H groups in total. The Hall–Kier alpha value is -2.67. The molecule has 4 nitrogen and oxygen atoms in total. The zero-order valence-electron chi connectivity index (χ0n) is 8.68. The maximum absolute atomic E-state index is 9.39. The average molecular weight is 226 g/mol. The molecule has 83 valence electrons. The fourth-order valence-electron chi connectivity index (χ4n) is 1.48. The van der Waals surface area contributed by atoms with Gasteiger partial charge in [0.15, 0.2) is 17.2 Å². The highest BCUT2D eigenvalue weighted by atomic mass is 16.3. The number of benzene rings is 2. The van der Waals surface area contributed by atoms with E-state index in [1.807, 2.05) is 6.07 Å². The molecule has 0 saturated heterocycles. The molecule has 0 atom stereocenters. The van der Waals surface area contributed by atoms with Crippen molar-refractivity contribution in [2.75, 3.05) is 0 Å². The molecule has 4 heteroatoms. The van der Waals surface area contributed by atoms with Crippen molar-refractivity contribution in [2.24, 2.45) is 0 Å². The number of phenols is 3. The van der Waals surface area contributed by atoms with Crippen molar-refractivity contribution < 1.29 is 15.3 Å². The van der Waals surface area contributed by atoms with Gasteiger partial charge in [0.2, 0.25) is 0 Å². The van der Waals surface area contributed by atoms with Crippen molar-refractivity contribution in [3.63, 3.8) is 0 Å². The van der Waals surface area contributed by atoms with Crippen molar-refractivity contribution >= 4 is 0 Å². The summed E-state index contributed by atoms with van der Waals surface area (Å²) in [6.45, 7) is 0. The number of nitriles is 1. The highest BCUT2D eigenvalue weighted by molar-refractivity contribution is 5.71. The van der Waals surface area contributed by atoms with Crippen LogP contribution in [0, 0.1) is 17.4 Å². The minimum absolute atomic E-state index is 0.356. The first-order chi connectivity index (χ1) is 8.11. The van der Waals surface area contributed by atoms with E-state index in [-0.39, 0.29) is 0 Å². The SMILES string of the molecule is N#Cc1[c]ccc(-c2cc(O)c(O)c(O)c2)c1. The number of nitrogens with zero attached hydrogens (tertiary/aromatic N) is 1. The Bertz CT molecular complexity index is 591. The Morgan fingerprint density at radius 2 is 1.65 bits per heavy atom. The molecule has 0 aromatic heterocycles. The van der Waals surface area contributed by atoms with E-state index >= 15 is 0 Å². The molecular weight excluding hydrogens is 218 g/mol. The highest BCUT2D eigenvalue weighted by Gasteiger charge is 2.09. The number of hydrogen-bond acceptors (Lipinski definition) is 4. The summed E-state index contributed by atoms with van der Waals surface area (Å²) < 4.78 is 0. The van der Waals surface area contributed by atoms with Crippen LogP contribution >= 0.6 is 0 Å². The van der Waals surface area contributed by atoms with Gasteiger partial charge in [-0.05, 0) is 29.3 Å². The monoisotopic (exact) mass is 226 g/mol. The van der Waals surface area contributed by atoms with E-state index in [0.717, 1.165) is 0 Å². The van der Waals surface area contributed by atoms with E-state index in [4.69, 9.17) is 5.26 Å². The van der Waals surface area contributed by atoms with Gasteiger partial charge in [-0.2, -0.15) is 5.26 Å². The van der Waals surface area contributed by atoms with Crippen LogP contribution in [-0.4, -0.2) is 15.3 Å². The smallest absolute Gasteiger partial charge is 0.200 e. The van der Waals surface area contributed by atoms with Crippen LogP contribution in [0.5, 0.6) is 17.2 Å². The molecule has 0 amide bonds. The molecule has 1 radical (unpaired) electrons. The summed E-state index contributed by atoms with van der Waals surface area (Å²) in [5, 5.41) is 36.7. The zero-order valence-corrected chi connectivity index (χ0v) is 8.68. The van der Waals surface area contributed by atoms with E-state index in [1.165, 1.54) is 12.1 Å². The minimum atomic E-state index is -0.559. The van der Waals surface area contributed by atoms with Crippen molar-refractivity contribution in [1.82, 2.24) is 0 Å². The Kier molecular flexibility index (Phi) is 2.59. The molecule has 0 aliphatic rings. The topological polar surface area (TPSA) is 84.5 Å². The Balaban J connectivity index is 2.57. The van der Waals surface area contributed by atoms with Crippen molar-refractivity contribution in [2.45, 2.75) is 0 Å². The summed E-state index contributed by atoms with van der Waals surface area (Å²) in [6, 6.07) is 12.1. The van der Waals surface area contributed by atoms with Crippen LogP contribution < -0.4 is 0 Å². The molecular formula is C13H8NO3. The van der Waals surface area contributed by atoms with Gasteiger partial charge in [-0.15, -0.1) is 0 Å². The third kappa shape index (κ3) is 1.99. The van der Waals surface area contributed by atoms with E-state index in [0.29, 0.717) is 16.7 Å². The molecule has 0 spiro atoms. The molecule has 0 bridgehead atoms. The first kappa shape index (κ1) is 10.8. The van der Waals surface area contributed by atoms with Crippen LogP contribution in [0.1, 0.15) is 5.56 Å². The summed E-state index contributed by atoms with van der Waals surface area (Å²) in [4.78, 5) is 0.